The van der Waals surface area contributed by atoms with Gasteiger partial charge in [0.25, 0.3) is 0 Å². The van der Waals surface area contributed by atoms with Gasteiger partial charge in [0.1, 0.15) is 11.8 Å². The number of amides is 2. The van der Waals surface area contributed by atoms with Crippen molar-refractivity contribution < 1.29 is 20.5 Å². The largest absolute Gasteiger partial charge is 0.425 e. The smallest absolute Gasteiger partial charge is 0.334 e. The van der Waals surface area contributed by atoms with Crippen LogP contribution in [0.4, 0.5) is 5.69 Å². The van der Waals surface area contributed by atoms with E-state index in [0.29, 0.717) is 23.6 Å². The van der Waals surface area contributed by atoms with Crippen molar-refractivity contribution in [3.8, 4) is 5.75 Å². The lowest BCUT2D eigenvalue weighted by Gasteiger charge is -2.16. The maximum Gasteiger partial charge on any atom is 0.334 e. The highest BCUT2D eigenvalue weighted by molar-refractivity contribution is 7.98. The molecule has 0 aromatic heterocycles. The van der Waals surface area contributed by atoms with Gasteiger partial charge < -0.3 is 15.4 Å². The molecule has 0 bridgehead atoms. The number of hydrogen-bond donors (Lipinski definition) is 2. The van der Waals surface area contributed by atoms with Crippen molar-refractivity contribution in [3.63, 3.8) is 0 Å². The fourth-order valence-corrected chi connectivity index (χ4v) is 2.15. The number of esters is 1. The third kappa shape index (κ3) is 6.62. The van der Waals surface area contributed by atoms with E-state index < -0.39 is 24.8 Å². The number of anilines is 1. The van der Waals surface area contributed by atoms with E-state index in [-0.39, 0.29) is 5.91 Å². The van der Waals surface area contributed by atoms with Crippen molar-refractivity contribution in [1.29, 1.82) is 0 Å². The second-order valence-electron chi connectivity index (χ2n) is 4.53. The lowest BCUT2D eigenvalue weighted by atomic mass is 10.2. The van der Waals surface area contributed by atoms with Gasteiger partial charge in [-0.25, -0.2) is 4.79 Å². The highest BCUT2D eigenvalue weighted by atomic mass is 32.2. The molecule has 22 heavy (non-hydrogen) atoms. The number of nitrogens with one attached hydrogen (secondary N) is 2. The molecule has 0 unspecified atom stereocenters. The van der Waals surface area contributed by atoms with Crippen molar-refractivity contribution in [2.45, 2.75) is 26.3 Å². The molecule has 0 fully saturated rings. The molecule has 1 aromatic rings. The summed E-state index contributed by atoms with van der Waals surface area (Å²) in [6.45, 7) is 0.966. The average Bonchev–Trinajstić information content (AvgIpc) is 2.52. The number of carbonyl (C=O) groups is 3. The van der Waals surface area contributed by atoms with Crippen LogP contribution < -0.4 is 15.4 Å². The van der Waals surface area contributed by atoms with Crippen molar-refractivity contribution in [3.05, 3.63) is 24.3 Å². The van der Waals surface area contributed by atoms with Gasteiger partial charge in [0, 0.05) is 20.9 Å². The number of thioether (sulfide) groups is 1. The monoisotopic (exact) mass is 325 g/mol. The van der Waals surface area contributed by atoms with Crippen LogP contribution >= 0.6 is 11.8 Å². The van der Waals surface area contributed by atoms with E-state index in [0.717, 1.165) is 0 Å². The van der Waals surface area contributed by atoms with Crippen LogP contribution in [0.5, 0.6) is 5.75 Å². The molecular formula is C15H20N2O4S. The molecule has 2 amide bonds. The van der Waals surface area contributed by atoms with Crippen molar-refractivity contribution in [2.75, 3.05) is 17.3 Å². The standard InChI is InChI=1S/C15H20N2O4S/c1-10(18)16-12-4-6-13(7-5-12)21-15(20)14(8-9-22-3)17-11(2)19/h4-7,14H,8-9H2,1-3H3,(H,16,18)(H,17,19)/t14-/m0/s1/i2D. The third-order valence-electron chi connectivity index (χ3n) is 2.62. The van der Waals surface area contributed by atoms with E-state index in [1.165, 1.54) is 6.92 Å². The van der Waals surface area contributed by atoms with E-state index in [1.54, 1.807) is 36.0 Å². The minimum atomic E-state index is -0.782. The number of ether oxygens (including phenoxy) is 1. The second-order valence-corrected chi connectivity index (χ2v) is 5.51. The Morgan fingerprint density at radius 3 is 2.50 bits per heavy atom. The Hall–Kier alpha value is -2.02. The normalized spacial score (nSPS) is 12.0. The summed E-state index contributed by atoms with van der Waals surface area (Å²) in [4.78, 5) is 34.4. The maximum atomic E-state index is 12.2. The average molecular weight is 325 g/mol. The quantitative estimate of drug-likeness (QED) is 0.590. The molecule has 6 nitrogen and oxygen atoms in total. The summed E-state index contributed by atoms with van der Waals surface area (Å²) in [5.74, 6) is -0.287. The fourth-order valence-electron chi connectivity index (χ4n) is 1.68. The van der Waals surface area contributed by atoms with E-state index in [9.17, 15) is 14.4 Å². The van der Waals surface area contributed by atoms with E-state index in [2.05, 4.69) is 10.6 Å². The first-order chi connectivity index (χ1) is 11.0. The first-order valence-corrected chi connectivity index (χ1v) is 8.02. The number of hydrogen-bond acceptors (Lipinski definition) is 5. The van der Waals surface area contributed by atoms with Gasteiger partial charge in [-0.2, -0.15) is 11.8 Å². The van der Waals surface area contributed by atoms with Crippen LogP contribution in [-0.2, 0) is 14.4 Å². The van der Waals surface area contributed by atoms with Gasteiger partial charge in [-0.3, -0.25) is 9.59 Å². The summed E-state index contributed by atoms with van der Waals surface area (Å²) in [6, 6.07) is 5.56. The molecule has 0 aliphatic heterocycles. The summed E-state index contributed by atoms with van der Waals surface area (Å²) >= 11 is 1.55. The highest BCUT2D eigenvalue weighted by Gasteiger charge is 2.21. The molecule has 1 aromatic carbocycles. The summed E-state index contributed by atoms with van der Waals surface area (Å²) in [5, 5.41) is 5.10. The molecule has 0 aliphatic carbocycles. The lowest BCUT2D eigenvalue weighted by molar-refractivity contribution is -0.139. The molecule has 0 aliphatic rings. The van der Waals surface area contributed by atoms with Crippen LogP contribution in [-0.4, -0.2) is 35.8 Å². The van der Waals surface area contributed by atoms with E-state index in [4.69, 9.17) is 6.11 Å². The molecule has 0 heterocycles. The van der Waals surface area contributed by atoms with Crippen LogP contribution in [0.3, 0.4) is 0 Å². The number of rotatable bonds is 7. The molecule has 0 spiro atoms. The Labute approximate surface area is 135 Å². The molecular weight excluding hydrogens is 304 g/mol. The molecule has 1 rings (SSSR count). The summed E-state index contributed by atoms with van der Waals surface area (Å²) in [5.41, 5.74) is 0.596. The van der Waals surface area contributed by atoms with Gasteiger partial charge in [0.2, 0.25) is 11.8 Å². The van der Waals surface area contributed by atoms with Gasteiger partial charge in [-0.1, -0.05) is 0 Å². The van der Waals surface area contributed by atoms with Crippen molar-refractivity contribution in [1.82, 2.24) is 5.32 Å². The predicted molar refractivity (Wildman–Crippen MR) is 87.0 cm³/mol. The molecule has 1 atom stereocenters. The zero-order valence-electron chi connectivity index (χ0n) is 13.5. The summed E-state index contributed by atoms with van der Waals surface area (Å²) in [6.07, 6.45) is 2.32. The Kier molecular flexibility index (Phi) is 6.76. The molecule has 0 saturated heterocycles. The van der Waals surface area contributed by atoms with Crippen LogP contribution in [0.2, 0.25) is 0 Å². The highest BCUT2D eigenvalue weighted by Crippen LogP contribution is 2.16. The SMILES string of the molecule is [2H]CC(=O)N[C@@H](CCSC)C(=O)Oc1ccc(NC(C)=O)cc1. The van der Waals surface area contributed by atoms with E-state index >= 15 is 0 Å². The molecule has 0 radical (unpaired) electrons. The van der Waals surface area contributed by atoms with Gasteiger partial charge >= 0.3 is 5.97 Å². The number of benzene rings is 1. The lowest BCUT2D eigenvalue weighted by Crippen LogP contribution is -2.42. The molecule has 120 valence electrons. The van der Waals surface area contributed by atoms with Gasteiger partial charge in [-0.15, -0.1) is 0 Å². The third-order valence-corrected chi connectivity index (χ3v) is 3.27. The Morgan fingerprint density at radius 2 is 1.95 bits per heavy atom. The van der Waals surface area contributed by atoms with Crippen LogP contribution in [0, 0.1) is 0 Å². The van der Waals surface area contributed by atoms with Gasteiger partial charge in [0.05, 0.1) is 0 Å². The van der Waals surface area contributed by atoms with Crippen molar-refractivity contribution in [2.24, 2.45) is 0 Å². The van der Waals surface area contributed by atoms with Gasteiger partial charge in [0.15, 0.2) is 0 Å². The van der Waals surface area contributed by atoms with Crippen molar-refractivity contribution >= 4 is 35.2 Å². The zero-order chi connectivity index (χ0) is 17.2. The summed E-state index contributed by atoms with van der Waals surface area (Å²) in [7, 11) is 0. The maximum absolute atomic E-state index is 12.2. The van der Waals surface area contributed by atoms with Crippen LogP contribution in [0.15, 0.2) is 24.3 Å². The first kappa shape index (κ1) is 16.4. The Morgan fingerprint density at radius 1 is 1.27 bits per heavy atom. The number of carbonyl (C=O) groups excluding carboxylic acids is 3. The summed E-state index contributed by atoms with van der Waals surface area (Å²) < 4.78 is 12.3. The predicted octanol–water partition coefficient (Wildman–Crippen LogP) is 1.81. The minimum Gasteiger partial charge on any atom is -0.425 e. The topological polar surface area (TPSA) is 84.5 Å². The van der Waals surface area contributed by atoms with E-state index in [1.807, 2.05) is 6.26 Å². The molecule has 7 heteroatoms. The van der Waals surface area contributed by atoms with Crippen LogP contribution in [0.1, 0.15) is 21.6 Å². The first-order valence-electron chi connectivity index (χ1n) is 7.34. The molecule has 0 saturated carbocycles. The fraction of sp³-hybridized carbons (Fsp3) is 0.400. The Balaban J connectivity index is 2.68. The minimum absolute atomic E-state index is 0.190. The Bertz CT molecular complexity index is 551. The molecule has 2 N–H and O–H groups in total. The van der Waals surface area contributed by atoms with Gasteiger partial charge in [-0.05, 0) is 42.7 Å². The second kappa shape index (κ2) is 9.09. The zero-order valence-corrected chi connectivity index (χ0v) is 13.4. The van der Waals surface area contributed by atoms with Crippen LogP contribution in [0.25, 0.3) is 0 Å².